The molecule has 1 aliphatic heterocycles. The predicted octanol–water partition coefficient (Wildman–Crippen LogP) is 2.43. The topological polar surface area (TPSA) is 79.7 Å². The van der Waals surface area contributed by atoms with E-state index in [1.807, 2.05) is 4.90 Å². The lowest BCUT2D eigenvalue weighted by molar-refractivity contribution is 0.141. The molecule has 0 unspecified atom stereocenters. The van der Waals surface area contributed by atoms with Gasteiger partial charge in [0.25, 0.3) is 6.43 Å². The van der Waals surface area contributed by atoms with Crippen LogP contribution in [0.3, 0.4) is 0 Å². The van der Waals surface area contributed by atoms with E-state index in [9.17, 15) is 18.0 Å². The van der Waals surface area contributed by atoms with Crippen LogP contribution >= 0.6 is 0 Å². The van der Waals surface area contributed by atoms with Gasteiger partial charge in [0.2, 0.25) is 0 Å². The molecule has 2 aromatic heterocycles. The van der Waals surface area contributed by atoms with Crippen molar-refractivity contribution < 1.29 is 13.2 Å². The zero-order chi connectivity index (χ0) is 18.3. The Morgan fingerprint density at radius 1 is 1.19 bits per heavy atom. The molecule has 3 aromatic rings. The van der Waals surface area contributed by atoms with Gasteiger partial charge in [-0.15, -0.1) is 0 Å². The molecule has 0 saturated carbocycles. The SMILES string of the molecule is O=c1[nH]ncn1C1CCN(c2nc(C(F)F)nc3ccc(F)cc23)CC1. The summed E-state index contributed by atoms with van der Waals surface area (Å²) < 4.78 is 41.5. The van der Waals surface area contributed by atoms with Crippen LogP contribution in [0.25, 0.3) is 10.9 Å². The number of rotatable bonds is 3. The first-order valence-electron chi connectivity index (χ1n) is 8.15. The average molecular weight is 364 g/mol. The molecule has 0 bridgehead atoms. The second kappa shape index (κ2) is 6.43. The number of alkyl halides is 2. The van der Waals surface area contributed by atoms with Crippen LogP contribution in [0.5, 0.6) is 0 Å². The Bertz CT molecular complexity index is 993. The van der Waals surface area contributed by atoms with Crippen LogP contribution in [-0.4, -0.2) is 37.8 Å². The van der Waals surface area contributed by atoms with Crippen molar-refractivity contribution in [1.82, 2.24) is 24.7 Å². The summed E-state index contributed by atoms with van der Waals surface area (Å²) in [6.45, 7) is 0.987. The van der Waals surface area contributed by atoms with E-state index in [-0.39, 0.29) is 17.2 Å². The molecule has 0 spiro atoms. The van der Waals surface area contributed by atoms with Crippen molar-refractivity contribution in [2.24, 2.45) is 0 Å². The van der Waals surface area contributed by atoms with Crippen molar-refractivity contribution in [3.8, 4) is 0 Å². The molecule has 0 aliphatic carbocycles. The summed E-state index contributed by atoms with van der Waals surface area (Å²) in [5.74, 6) is -0.762. The number of hydrogen-bond acceptors (Lipinski definition) is 5. The van der Waals surface area contributed by atoms with Crippen LogP contribution in [0.15, 0.2) is 29.3 Å². The maximum Gasteiger partial charge on any atom is 0.343 e. The molecule has 4 rings (SSSR count). The monoisotopic (exact) mass is 364 g/mol. The highest BCUT2D eigenvalue weighted by Crippen LogP contribution is 2.31. The van der Waals surface area contributed by atoms with Crippen molar-refractivity contribution in [1.29, 1.82) is 0 Å². The number of fused-ring (bicyclic) bond motifs is 1. The van der Waals surface area contributed by atoms with Gasteiger partial charge in [-0.05, 0) is 31.0 Å². The van der Waals surface area contributed by atoms with E-state index in [2.05, 4.69) is 20.2 Å². The fourth-order valence-corrected chi connectivity index (χ4v) is 3.31. The Balaban J connectivity index is 1.67. The first-order valence-corrected chi connectivity index (χ1v) is 8.15. The number of benzene rings is 1. The molecule has 1 aromatic carbocycles. The molecule has 136 valence electrons. The Morgan fingerprint density at radius 3 is 2.62 bits per heavy atom. The molecule has 7 nitrogen and oxygen atoms in total. The largest absolute Gasteiger partial charge is 0.356 e. The lowest BCUT2D eigenvalue weighted by atomic mass is 10.0. The lowest BCUT2D eigenvalue weighted by Gasteiger charge is -2.33. The number of aromatic nitrogens is 5. The van der Waals surface area contributed by atoms with Gasteiger partial charge in [0.05, 0.1) is 5.52 Å². The van der Waals surface area contributed by atoms with Gasteiger partial charge in [-0.2, -0.15) is 5.10 Å². The van der Waals surface area contributed by atoms with Gasteiger partial charge in [0.1, 0.15) is 18.0 Å². The molecule has 10 heteroatoms. The summed E-state index contributed by atoms with van der Waals surface area (Å²) in [6, 6.07) is 3.79. The van der Waals surface area contributed by atoms with Gasteiger partial charge in [0.15, 0.2) is 5.82 Å². The number of H-pyrrole nitrogens is 1. The van der Waals surface area contributed by atoms with E-state index in [0.717, 1.165) is 0 Å². The molecule has 26 heavy (non-hydrogen) atoms. The number of halogens is 3. The number of piperidine rings is 1. The average Bonchev–Trinajstić information content (AvgIpc) is 3.07. The van der Waals surface area contributed by atoms with Crippen LogP contribution in [0.4, 0.5) is 19.0 Å². The van der Waals surface area contributed by atoms with Crippen LogP contribution in [-0.2, 0) is 0 Å². The van der Waals surface area contributed by atoms with Crippen molar-refractivity contribution in [3.05, 3.63) is 46.7 Å². The van der Waals surface area contributed by atoms with Crippen molar-refractivity contribution >= 4 is 16.7 Å². The second-order valence-corrected chi connectivity index (χ2v) is 6.15. The quantitative estimate of drug-likeness (QED) is 0.772. The number of hydrogen-bond donors (Lipinski definition) is 1. The second-order valence-electron chi connectivity index (χ2n) is 6.15. The Kier molecular flexibility index (Phi) is 4.09. The third-order valence-corrected chi connectivity index (χ3v) is 4.58. The van der Waals surface area contributed by atoms with E-state index in [0.29, 0.717) is 37.1 Å². The van der Waals surface area contributed by atoms with Gasteiger partial charge in [-0.1, -0.05) is 0 Å². The number of nitrogens with zero attached hydrogens (tertiary/aromatic N) is 5. The maximum absolute atomic E-state index is 13.7. The number of nitrogens with one attached hydrogen (secondary N) is 1. The van der Waals surface area contributed by atoms with Gasteiger partial charge >= 0.3 is 5.69 Å². The standard InChI is InChI=1S/C16H15F3N6O/c17-9-1-2-12-11(7-9)15(22-14(21-12)13(18)19)24-5-3-10(4-6-24)25-8-20-23-16(25)26/h1-2,7-8,10,13H,3-6H2,(H,23,26). The van der Waals surface area contributed by atoms with E-state index >= 15 is 0 Å². The summed E-state index contributed by atoms with van der Waals surface area (Å²) >= 11 is 0. The van der Waals surface area contributed by atoms with Gasteiger partial charge in [0, 0.05) is 24.5 Å². The zero-order valence-corrected chi connectivity index (χ0v) is 13.6. The highest BCUT2D eigenvalue weighted by molar-refractivity contribution is 5.89. The minimum atomic E-state index is -2.81. The summed E-state index contributed by atoms with van der Waals surface area (Å²) in [5, 5.41) is 6.48. The highest BCUT2D eigenvalue weighted by Gasteiger charge is 2.25. The Morgan fingerprint density at radius 2 is 1.96 bits per heavy atom. The third kappa shape index (κ3) is 2.91. The Labute approximate surface area is 145 Å². The fourth-order valence-electron chi connectivity index (χ4n) is 3.31. The van der Waals surface area contributed by atoms with Crippen LogP contribution in [0.1, 0.15) is 31.1 Å². The van der Waals surface area contributed by atoms with Gasteiger partial charge in [-0.25, -0.2) is 33.0 Å². The molecule has 0 amide bonds. The molecule has 1 saturated heterocycles. The Hall–Kier alpha value is -2.91. The summed E-state index contributed by atoms with van der Waals surface area (Å²) in [7, 11) is 0. The molecule has 3 heterocycles. The number of aromatic amines is 1. The smallest absolute Gasteiger partial charge is 0.343 e. The third-order valence-electron chi connectivity index (χ3n) is 4.58. The van der Waals surface area contributed by atoms with Crippen LogP contribution < -0.4 is 10.6 Å². The van der Waals surface area contributed by atoms with Gasteiger partial charge in [-0.3, -0.25) is 4.57 Å². The summed E-state index contributed by atoms with van der Waals surface area (Å²) in [6.07, 6.45) is -0.132. The van der Waals surface area contributed by atoms with E-state index in [1.54, 1.807) is 0 Å². The van der Waals surface area contributed by atoms with E-state index in [4.69, 9.17) is 0 Å². The van der Waals surface area contributed by atoms with E-state index in [1.165, 1.54) is 29.1 Å². The normalized spacial score (nSPS) is 15.9. The zero-order valence-electron chi connectivity index (χ0n) is 13.6. The highest BCUT2D eigenvalue weighted by atomic mass is 19.3. The first kappa shape index (κ1) is 16.6. The van der Waals surface area contributed by atoms with Crippen molar-refractivity contribution in [2.75, 3.05) is 18.0 Å². The number of anilines is 1. The molecule has 0 atom stereocenters. The molecule has 0 radical (unpaired) electrons. The van der Waals surface area contributed by atoms with E-state index < -0.39 is 18.1 Å². The minimum absolute atomic E-state index is 0.0306. The van der Waals surface area contributed by atoms with Crippen LogP contribution in [0.2, 0.25) is 0 Å². The van der Waals surface area contributed by atoms with Crippen molar-refractivity contribution in [2.45, 2.75) is 25.3 Å². The maximum atomic E-state index is 13.7. The van der Waals surface area contributed by atoms with Gasteiger partial charge < -0.3 is 4.90 Å². The summed E-state index contributed by atoms with van der Waals surface area (Å²) in [5.41, 5.74) is -0.00197. The van der Waals surface area contributed by atoms with Crippen LogP contribution in [0, 0.1) is 5.82 Å². The fraction of sp³-hybridized carbons (Fsp3) is 0.375. The molecule has 1 N–H and O–H groups in total. The lowest BCUT2D eigenvalue weighted by Crippen LogP contribution is -2.37. The predicted molar refractivity (Wildman–Crippen MR) is 87.8 cm³/mol. The molecule has 1 aliphatic rings. The molecular formula is C16H15F3N6O. The first-order chi connectivity index (χ1) is 12.5. The molecule has 1 fully saturated rings. The minimum Gasteiger partial charge on any atom is -0.356 e. The van der Waals surface area contributed by atoms with Crippen molar-refractivity contribution in [3.63, 3.8) is 0 Å². The summed E-state index contributed by atoms with van der Waals surface area (Å²) in [4.78, 5) is 21.3. The molecular weight excluding hydrogens is 349 g/mol.